The Balaban J connectivity index is 1.49. The summed E-state index contributed by atoms with van der Waals surface area (Å²) < 4.78 is 20.0. The minimum absolute atomic E-state index is 0.0212. The molecule has 1 aromatic heterocycles. The van der Waals surface area contributed by atoms with Crippen LogP contribution in [-0.2, 0) is 6.42 Å². The van der Waals surface area contributed by atoms with Gasteiger partial charge in [-0.1, -0.05) is 30.8 Å². The molecule has 0 saturated carbocycles. The van der Waals surface area contributed by atoms with Gasteiger partial charge in [0, 0.05) is 55.6 Å². The number of anilines is 1. The normalized spacial score (nSPS) is 14.6. The van der Waals surface area contributed by atoms with Crippen LogP contribution in [0.3, 0.4) is 0 Å². The maximum atomic E-state index is 14.0. The van der Waals surface area contributed by atoms with Crippen molar-refractivity contribution >= 4 is 5.82 Å². The third-order valence-corrected chi connectivity index (χ3v) is 6.28. The van der Waals surface area contributed by atoms with Gasteiger partial charge in [-0.2, -0.15) is 0 Å². The topological polar surface area (TPSA) is 83.6 Å². The summed E-state index contributed by atoms with van der Waals surface area (Å²) in [6.07, 6.45) is 1.89. The highest BCUT2D eigenvalue weighted by molar-refractivity contribution is 5.67. The van der Waals surface area contributed by atoms with Crippen molar-refractivity contribution in [2.24, 2.45) is 0 Å². The molecule has 7 heteroatoms. The Morgan fingerprint density at radius 2 is 1.91 bits per heavy atom. The summed E-state index contributed by atoms with van der Waals surface area (Å²) in [7, 11) is 0. The van der Waals surface area contributed by atoms with Gasteiger partial charge in [0.1, 0.15) is 17.7 Å². The fourth-order valence-corrected chi connectivity index (χ4v) is 4.30. The molecule has 2 heterocycles. The van der Waals surface area contributed by atoms with Crippen LogP contribution in [0.1, 0.15) is 29.7 Å². The van der Waals surface area contributed by atoms with E-state index in [0.717, 1.165) is 49.4 Å². The zero-order valence-electron chi connectivity index (χ0n) is 19.6. The minimum atomic E-state index is -0.617. The van der Waals surface area contributed by atoms with Gasteiger partial charge in [0.05, 0.1) is 0 Å². The van der Waals surface area contributed by atoms with Crippen molar-refractivity contribution in [3.63, 3.8) is 0 Å². The zero-order valence-corrected chi connectivity index (χ0v) is 19.6. The number of pyridine rings is 1. The van der Waals surface area contributed by atoms with Crippen molar-refractivity contribution < 1.29 is 14.2 Å². The molecule has 1 aliphatic rings. The summed E-state index contributed by atoms with van der Waals surface area (Å²) in [5, 5.41) is 13.6. The maximum Gasteiger partial charge on any atom is 0.166 e. The predicted molar refractivity (Wildman–Crippen MR) is 133 cm³/mol. The van der Waals surface area contributed by atoms with E-state index < -0.39 is 11.9 Å². The van der Waals surface area contributed by atoms with Gasteiger partial charge >= 0.3 is 0 Å². The maximum absolute atomic E-state index is 14.0. The van der Waals surface area contributed by atoms with E-state index in [9.17, 15) is 9.50 Å². The van der Waals surface area contributed by atoms with E-state index in [2.05, 4.69) is 33.9 Å². The van der Waals surface area contributed by atoms with Crippen LogP contribution in [0.25, 0.3) is 11.1 Å². The van der Waals surface area contributed by atoms with Crippen LogP contribution in [0, 0.1) is 12.7 Å². The second-order valence-corrected chi connectivity index (χ2v) is 8.65. The van der Waals surface area contributed by atoms with Crippen molar-refractivity contribution in [2.75, 3.05) is 31.9 Å². The van der Waals surface area contributed by atoms with Crippen LogP contribution in [0.15, 0.2) is 60.9 Å². The molecule has 0 bridgehead atoms. The second kappa shape index (κ2) is 10.1. The van der Waals surface area contributed by atoms with E-state index in [0.29, 0.717) is 16.9 Å². The number of phenolic OH excluding ortho intramolecular Hbond substituents is 1. The molecule has 1 unspecified atom stereocenters. The fraction of sp³-hybridized carbons (Fsp3) is 0.296. The number of rotatable bonds is 7. The van der Waals surface area contributed by atoms with Crippen LogP contribution >= 0.6 is 0 Å². The molecule has 0 aliphatic carbocycles. The summed E-state index contributed by atoms with van der Waals surface area (Å²) >= 11 is 0. The van der Waals surface area contributed by atoms with E-state index in [4.69, 9.17) is 10.5 Å². The number of nitrogens with zero attached hydrogens (tertiary/aromatic N) is 2. The van der Waals surface area contributed by atoms with Gasteiger partial charge in [-0.05, 0) is 48.7 Å². The Bertz CT molecular complexity index is 1170. The molecule has 1 saturated heterocycles. The number of nitrogens with two attached hydrogens (primary N) is 1. The third kappa shape index (κ3) is 5.15. The summed E-state index contributed by atoms with van der Waals surface area (Å²) in [6, 6.07) is 12.7. The van der Waals surface area contributed by atoms with Crippen molar-refractivity contribution in [2.45, 2.75) is 26.4 Å². The fourth-order valence-electron chi connectivity index (χ4n) is 4.30. The predicted octanol–water partition coefficient (Wildman–Crippen LogP) is 4.59. The molecule has 0 spiro atoms. The van der Waals surface area contributed by atoms with Crippen molar-refractivity contribution in [1.29, 1.82) is 0 Å². The zero-order chi connectivity index (χ0) is 24.2. The first-order valence-electron chi connectivity index (χ1n) is 11.5. The minimum Gasteiger partial charge on any atom is -0.508 e. The number of hydrogen-bond donors (Lipinski definition) is 3. The monoisotopic (exact) mass is 462 g/mol. The summed E-state index contributed by atoms with van der Waals surface area (Å²) in [5.74, 6) is 0.187. The smallest absolute Gasteiger partial charge is 0.166 e. The van der Waals surface area contributed by atoms with Gasteiger partial charge in [-0.15, -0.1) is 0 Å². The molecular formula is C27H31FN4O2. The number of allylic oxidation sites excluding steroid dienone is 1. The van der Waals surface area contributed by atoms with E-state index >= 15 is 0 Å². The standard InChI is InChI=1S/C27H31FN4O2/c1-17(32-12-10-30-11-13-32)14-20-4-6-21(7-5-20)22-15-25(27(29)31-16-22)34-19(3)26-18(2)23(28)8-9-24(26)33/h4-9,15-16,19,30,33H,1,10-14H2,2-3H3,(H2,29,31). The molecule has 178 valence electrons. The number of hydrogen-bond acceptors (Lipinski definition) is 6. The lowest BCUT2D eigenvalue weighted by atomic mass is 10.0. The van der Waals surface area contributed by atoms with E-state index in [1.165, 1.54) is 17.7 Å². The average Bonchev–Trinajstić information content (AvgIpc) is 2.84. The number of piperazine rings is 1. The summed E-state index contributed by atoms with van der Waals surface area (Å²) in [6.45, 7) is 11.6. The Morgan fingerprint density at radius 1 is 1.21 bits per heavy atom. The Labute approximate surface area is 199 Å². The van der Waals surface area contributed by atoms with E-state index in [1.807, 2.05) is 18.2 Å². The van der Waals surface area contributed by atoms with Gasteiger partial charge in [-0.3, -0.25) is 0 Å². The first-order chi connectivity index (χ1) is 16.3. The highest BCUT2D eigenvalue weighted by Gasteiger charge is 2.19. The van der Waals surface area contributed by atoms with Crippen molar-refractivity contribution in [3.05, 3.63) is 83.4 Å². The van der Waals surface area contributed by atoms with Gasteiger partial charge in [0.2, 0.25) is 0 Å². The summed E-state index contributed by atoms with van der Waals surface area (Å²) in [4.78, 5) is 6.62. The third-order valence-electron chi connectivity index (χ3n) is 6.28. The second-order valence-electron chi connectivity index (χ2n) is 8.65. The molecule has 2 aromatic carbocycles. The summed E-state index contributed by atoms with van der Waals surface area (Å²) in [5.41, 5.74) is 10.9. The molecule has 1 aliphatic heterocycles. The van der Waals surface area contributed by atoms with Crippen LogP contribution in [0.5, 0.6) is 11.5 Å². The van der Waals surface area contributed by atoms with Gasteiger partial charge in [0.15, 0.2) is 11.6 Å². The van der Waals surface area contributed by atoms with Crippen LogP contribution in [0.2, 0.25) is 0 Å². The Hall–Kier alpha value is -3.58. The van der Waals surface area contributed by atoms with Gasteiger partial charge < -0.3 is 25.8 Å². The van der Waals surface area contributed by atoms with Crippen molar-refractivity contribution in [1.82, 2.24) is 15.2 Å². The molecular weight excluding hydrogens is 431 g/mol. The highest BCUT2D eigenvalue weighted by atomic mass is 19.1. The highest BCUT2D eigenvalue weighted by Crippen LogP contribution is 2.35. The average molecular weight is 463 g/mol. The number of halogens is 1. The molecule has 0 amide bonds. The number of aromatic nitrogens is 1. The number of nitrogens with one attached hydrogen (secondary N) is 1. The molecule has 3 aromatic rings. The molecule has 34 heavy (non-hydrogen) atoms. The van der Waals surface area contributed by atoms with E-state index in [-0.39, 0.29) is 11.6 Å². The van der Waals surface area contributed by atoms with Crippen LogP contribution < -0.4 is 15.8 Å². The lowest BCUT2D eigenvalue weighted by molar-refractivity contribution is 0.221. The molecule has 4 N–H and O–H groups in total. The number of nitrogen functional groups attached to an aromatic ring is 1. The van der Waals surface area contributed by atoms with E-state index in [1.54, 1.807) is 20.0 Å². The Morgan fingerprint density at radius 3 is 2.62 bits per heavy atom. The largest absolute Gasteiger partial charge is 0.508 e. The molecule has 6 nitrogen and oxygen atoms in total. The molecule has 1 fully saturated rings. The van der Waals surface area contributed by atoms with Crippen LogP contribution in [-0.4, -0.2) is 41.2 Å². The lowest BCUT2D eigenvalue weighted by Gasteiger charge is -2.31. The first-order valence-corrected chi connectivity index (χ1v) is 11.5. The number of phenols is 1. The number of ether oxygens (including phenoxy) is 1. The van der Waals surface area contributed by atoms with Gasteiger partial charge in [-0.25, -0.2) is 9.37 Å². The van der Waals surface area contributed by atoms with Gasteiger partial charge in [0.25, 0.3) is 0 Å². The van der Waals surface area contributed by atoms with Crippen LogP contribution in [0.4, 0.5) is 10.2 Å². The lowest BCUT2D eigenvalue weighted by Crippen LogP contribution is -2.42. The number of benzene rings is 2. The SMILES string of the molecule is C=C(Cc1ccc(-c2cnc(N)c(OC(C)c3c(O)ccc(F)c3C)c2)cc1)N1CCNCC1. The number of aromatic hydroxyl groups is 1. The van der Waals surface area contributed by atoms with Crippen molar-refractivity contribution in [3.8, 4) is 22.6 Å². The quantitative estimate of drug-likeness (QED) is 0.477. The first kappa shape index (κ1) is 23.6. The molecule has 1 atom stereocenters. The Kier molecular flexibility index (Phi) is 7.03. The molecule has 4 rings (SSSR count). The molecule has 0 radical (unpaired) electrons.